The first-order valence-electron chi connectivity index (χ1n) is 7.19. The standard InChI is InChI=1S/C16H22N2O2/c1-2-13(11-19)18-16(20)9-5-6-12-10-17-15-8-4-3-7-14(12)15/h3-4,7-8,10,13,17,19H,2,5-6,9,11H2,1H3,(H,18,20)/t13-/m0/s1. The van der Waals surface area contributed by atoms with Crippen molar-refractivity contribution in [3.05, 3.63) is 36.0 Å². The molecule has 0 spiro atoms. The van der Waals surface area contributed by atoms with E-state index in [-0.39, 0.29) is 18.6 Å². The van der Waals surface area contributed by atoms with Crippen LogP contribution >= 0.6 is 0 Å². The van der Waals surface area contributed by atoms with Gasteiger partial charge in [-0.1, -0.05) is 25.1 Å². The van der Waals surface area contributed by atoms with E-state index in [2.05, 4.69) is 22.4 Å². The van der Waals surface area contributed by atoms with Crippen molar-refractivity contribution in [1.82, 2.24) is 10.3 Å². The summed E-state index contributed by atoms with van der Waals surface area (Å²) in [6.07, 6.45) is 4.97. The minimum absolute atomic E-state index is 0.00465. The topological polar surface area (TPSA) is 65.1 Å². The summed E-state index contributed by atoms with van der Waals surface area (Å²) in [7, 11) is 0. The second-order valence-corrected chi connectivity index (χ2v) is 5.07. The predicted molar refractivity (Wildman–Crippen MR) is 80.5 cm³/mol. The zero-order chi connectivity index (χ0) is 14.4. The van der Waals surface area contributed by atoms with Gasteiger partial charge in [-0.2, -0.15) is 0 Å². The number of aryl methyl sites for hydroxylation is 1. The summed E-state index contributed by atoms with van der Waals surface area (Å²) in [6, 6.07) is 8.07. The normalized spacial score (nSPS) is 12.5. The molecule has 1 heterocycles. The number of carbonyl (C=O) groups excluding carboxylic acids is 1. The fourth-order valence-corrected chi connectivity index (χ4v) is 2.35. The highest BCUT2D eigenvalue weighted by atomic mass is 16.3. The molecule has 0 aliphatic carbocycles. The number of hydrogen-bond acceptors (Lipinski definition) is 2. The number of fused-ring (bicyclic) bond motifs is 1. The van der Waals surface area contributed by atoms with Crippen molar-refractivity contribution in [3.63, 3.8) is 0 Å². The number of H-pyrrole nitrogens is 1. The van der Waals surface area contributed by atoms with Crippen LogP contribution in [0.3, 0.4) is 0 Å². The summed E-state index contributed by atoms with van der Waals surface area (Å²) in [5.41, 5.74) is 2.39. The van der Waals surface area contributed by atoms with Crippen molar-refractivity contribution in [1.29, 1.82) is 0 Å². The van der Waals surface area contributed by atoms with E-state index in [1.54, 1.807) is 0 Å². The van der Waals surface area contributed by atoms with Crippen LogP contribution in [0.5, 0.6) is 0 Å². The van der Waals surface area contributed by atoms with Crippen LogP contribution in [0.2, 0.25) is 0 Å². The zero-order valence-electron chi connectivity index (χ0n) is 11.9. The van der Waals surface area contributed by atoms with Crippen molar-refractivity contribution in [3.8, 4) is 0 Å². The van der Waals surface area contributed by atoms with Gasteiger partial charge < -0.3 is 15.4 Å². The molecule has 0 radical (unpaired) electrons. The Morgan fingerprint density at radius 3 is 2.95 bits per heavy atom. The van der Waals surface area contributed by atoms with Crippen molar-refractivity contribution < 1.29 is 9.90 Å². The number of rotatable bonds is 7. The van der Waals surface area contributed by atoms with Crippen molar-refractivity contribution in [2.24, 2.45) is 0 Å². The van der Waals surface area contributed by atoms with E-state index in [1.807, 2.05) is 25.3 Å². The zero-order valence-corrected chi connectivity index (χ0v) is 11.9. The first-order valence-corrected chi connectivity index (χ1v) is 7.19. The maximum atomic E-state index is 11.7. The Balaban J connectivity index is 1.82. The van der Waals surface area contributed by atoms with Gasteiger partial charge in [0.1, 0.15) is 0 Å². The monoisotopic (exact) mass is 274 g/mol. The Bertz CT molecular complexity index is 558. The molecule has 4 heteroatoms. The highest BCUT2D eigenvalue weighted by molar-refractivity contribution is 5.83. The first-order chi connectivity index (χ1) is 9.74. The van der Waals surface area contributed by atoms with Gasteiger partial charge in [0.2, 0.25) is 5.91 Å². The molecule has 2 rings (SSSR count). The maximum absolute atomic E-state index is 11.7. The molecule has 108 valence electrons. The summed E-state index contributed by atoms with van der Waals surface area (Å²) in [6.45, 7) is 1.96. The number of benzene rings is 1. The number of aliphatic hydroxyl groups excluding tert-OH is 1. The molecule has 1 amide bonds. The second kappa shape index (κ2) is 7.10. The van der Waals surface area contributed by atoms with E-state index in [9.17, 15) is 4.79 Å². The Morgan fingerprint density at radius 1 is 1.40 bits per heavy atom. The SMILES string of the molecule is CC[C@@H](CO)NC(=O)CCCc1c[nH]c2ccccc12. The molecule has 0 aliphatic rings. The van der Waals surface area contributed by atoms with Crippen molar-refractivity contribution in [2.45, 2.75) is 38.6 Å². The minimum Gasteiger partial charge on any atom is -0.394 e. The quantitative estimate of drug-likeness (QED) is 0.725. The molecule has 2 aromatic rings. The van der Waals surface area contributed by atoms with Crippen molar-refractivity contribution in [2.75, 3.05) is 6.61 Å². The minimum atomic E-state index is -0.115. The van der Waals surface area contributed by atoms with Gasteiger partial charge in [-0.15, -0.1) is 0 Å². The van der Waals surface area contributed by atoms with Crippen LogP contribution in [0.1, 0.15) is 31.7 Å². The van der Waals surface area contributed by atoms with Crippen LogP contribution in [0.25, 0.3) is 10.9 Å². The molecule has 1 aromatic heterocycles. The van der Waals surface area contributed by atoms with Crippen LogP contribution in [0.15, 0.2) is 30.5 Å². The van der Waals surface area contributed by atoms with Crippen LogP contribution in [0, 0.1) is 0 Å². The van der Waals surface area contributed by atoms with Crippen LogP contribution < -0.4 is 5.32 Å². The van der Waals surface area contributed by atoms with Crippen molar-refractivity contribution >= 4 is 16.8 Å². The number of carbonyl (C=O) groups is 1. The molecule has 0 fully saturated rings. The fourth-order valence-electron chi connectivity index (χ4n) is 2.35. The molecule has 1 atom stereocenters. The van der Waals surface area contributed by atoms with Gasteiger partial charge in [-0.05, 0) is 30.9 Å². The number of aliphatic hydroxyl groups is 1. The van der Waals surface area contributed by atoms with E-state index < -0.39 is 0 Å². The van der Waals surface area contributed by atoms with E-state index in [0.717, 1.165) is 24.8 Å². The van der Waals surface area contributed by atoms with E-state index in [4.69, 9.17) is 5.11 Å². The lowest BCUT2D eigenvalue weighted by Gasteiger charge is -2.13. The third kappa shape index (κ3) is 3.61. The average Bonchev–Trinajstić information content (AvgIpc) is 2.88. The molecule has 4 nitrogen and oxygen atoms in total. The number of nitrogens with one attached hydrogen (secondary N) is 2. The Hall–Kier alpha value is -1.81. The van der Waals surface area contributed by atoms with Gasteiger partial charge in [0, 0.05) is 23.5 Å². The van der Waals surface area contributed by atoms with Gasteiger partial charge in [0.25, 0.3) is 0 Å². The smallest absolute Gasteiger partial charge is 0.220 e. The van der Waals surface area contributed by atoms with E-state index >= 15 is 0 Å². The average molecular weight is 274 g/mol. The number of para-hydroxylation sites is 1. The summed E-state index contributed by atoms with van der Waals surface area (Å²) in [5, 5.41) is 13.1. The highest BCUT2D eigenvalue weighted by Crippen LogP contribution is 2.19. The molecule has 3 N–H and O–H groups in total. The molecule has 20 heavy (non-hydrogen) atoms. The van der Waals surface area contributed by atoms with Gasteiger partial charge in [-0.3, -0.25) is 4.79 Å². The Morgan fingerprint density at radius 2 is 2.20 bits per heavy atom. The lowest BCUT2D eigenvalue weighted by molar-refractivity contribution is -0.122. The number of aromatic amines is 1. The van der Waals surface area contributed by atoms with E-state index in [1.165, 1.54) is 10.9 Å². The number of hydrogen-bond donors (Lipinski definition) is 3. The lowest BCUT2D eigenvalue weighted by atomic mass is 10.1. The van der Waals surface area contributed by atoms with Crippen LogP contribution in [-0.2, 0) is 11.2 Å². The molecular formula is C16H22N2O2. The summed E-state index contributed by atoms with van der Waals surface area (Å²) >= 11 is 0. The van der Waals surface area contributed by atoms with Crippen LogP contribution in [0.4, 0.5) is 0 Å². The molecular weight excluding hydrogens is 252 g/mol. The van der Waals surface area contributed by atoms with Gasteiger partial charge in [-0.25, -0.2) is 0 Å². The molecule has 0 aliphatic heterocycles. The number of amides is 1. The maximum Gasteiger partial charge on any atom is 0.220 e. The summed E-state index contributed by atoms with van der Waals surface area (Å²) in [4.78, 5) is 15.0. The Kier molecular flexibility index (Phi) is 5.18. The molecule has 0 unspecified atom stereocenters. The van der Waals surface area contributed by atoms with E-state index in [0.29, 0.717) is 6.42 Å². The third-order valence-electron chi connectivity index (χ3n) is 3.60. The second-order valence-electron chi connectivity index (χ2n) is 5.07. The molecule has 0 saturated carbocycles. The van der Waals surface area contributed by atoms with Gasteiger partial charge >= 0.3 is 0 Å². The third-order valence-corrected chi connectivity index (χ3v) is 3.60. The van der Waals surface area contributed by atoms with Gasteiger partial charge in [0.15, 0.2) is 0 Å². The molecule has 1 aromatic carbocycles. The summed E-state index contributed by atoms with van der Waals surface area (Å²) < 4.78 is 0. The largest absolute Gasteiger partial charge is 0.394 e. The molecule has 0 bridgehead atoms. The fraction of sp³-hybridized carbons (Fsp3) is 0.438. The van der Waals surface area contributed by atoms with Crippen LogP contribution in [-0.4, -0.2) is 28.6 Å². The predicted octanol–water partition coefficient (Wildman–Crippen LogP) is 2.38. The molecule has 0 saturated heterocycles. The lowest BCUT2D eigenvalue weighted by Crippen LogP contribution is -2.36. The van der Waals surface area contributed by atoms with Gasteiger partial charge in [0.05, 0.1) is 12.6 Å². The first kappa shape index (κ1) is 14.6. The number of aromatic nitrogens is 1. The summed E-state index contributed by atoms with van der Waals surface area (Å²) in [5.74, 6) is 0.0192. The highest BCUT2D eigenvalue weighted by Gasteiger charge is 2.09. The Labute approximate surface area is 119 Å².